The molecule has 4 unspecified atom stereocenters. The summed E-state index contributed by atoms with van der Waals surface area (Å²) in [5.74, 6) is 1.16. The van der Waals surface area contributed by atoms with Gasteiger partial charge in [0.05, 0.1) is 11.5 Å². The van der Waals surface area contributed by atoms with E-state index in [1.54, 1.807) is 0 Å². The van der Waals surface area contributed by atoms with Crippen LogP contribution in [0.15, 0.2) is 0 Å². The second-order valence-corrected chi connectivity index (χ2v) is 8.04. The molecule has 2 fully saturated rings. The van der Waals surface area contributed by atoms with Crippen LogP contribution in [0, 0.1) is 11.8 Å². The van der Waals surface area contributed by atoms with Gasteiger partial charge < -0.3 is 15.3 Å². The number of halogens is 2. The third-order valence-corrected chi connectivity index (χ3v) is 6.28. The fourth-order valence-corrected chi connectivity index (χ4v) is 4.22. The summed E-state index contributed by atoms with van der Waals surface area (Å²) in [6.07, 6.45) is 6.47. The average molecular weight is 337 g/mol. The Morgan fingerprint density at radius 3 is 2.52 bits per heavy atom. The molecule has 2 aliphatic rings. The summed E-state index contributed by atoms with van der Waals surface area (Å²) in [4.78, 5) is 2.28. The molecule has 2 N–H and O–H groups in total. The van der Waals surface area contributed by atoms with Crippen molar-refractivity contribution in [3.63, 3.8) is 0 Å². The minimum atomic E-state index is -0.184. The third-order valence-electron chi connectivity index (χ3n) is 5.15. The van der Waals surface area contributed by atoms with E-state index in [0.717, 1.165) is 51.9 Å². The Bertz CT molecular complexity index is 300. The van der Waals surface area contributed by atoms with Crippen LogP contribution in [0.1, 0.15) is 38.5 Å². The van der Waals surface area contributed by atoms with Gasteiger partial charge in [-0.25, -0.2) is 0 Å². The number of alkyl halides is 2. The van der Waals surface area contributed by atoms with Crippen LogP contribution in [0.4, 0.5) is 0 Å². The number of hydrogen-bond donors (Lipinski definition) is 2. The van der Waals surface area contributed by atoms with Gasteiger partial charge in [-0.2, -0.15) is 0 Å². The Kier molecular flexibility index (Phi) is 7.57. The maximum Gasteiger partial charge on any atom is 0.0696 e. The maximum atomic E-state index is 10.4. The molecular formula is C16H30Cl2N2O. The molecule has 1 saturated carbocycles. The van der Waals surface area contributed by atoms with Gasteiger partial charge in [-0.1, -0.05) is 0 Å². The van der Waals surface area contributed by atoms with Gasteiger partial charge in [-0.3, -0.25) is 0 Å². The number of nitrogens with zero attached hydrogens (tertiary/aromatic N) is 1. The van der Waals surface area contributed by atoms with Crippen LogP contribution in [0.3, 0.4) is 0 Å². The summed E-state index contributed by atoms with van der Waals surface area (Å²) >= 11 is 12.4. The summed E-state index contributed by atoms with van der Waals surface area (Å²) in [6, 6.07) is 0. The van der Waals surface area contributed by atoms with Crippen LogP contribution < -0.4 is 5.32 Å². The number of nitrogens with one attached hydrogen (secondary N) is 1. The Morgan fingerprint density at radius 2 is 1.86 bits per heavy atom. The topological polar surface area (TPSA) is 35.5 Å². The van der Waals surface area contributed by atoms with Gasteiger partial charge in [0.25, 0.3) is 0 Å². The van der Waals surface area contributed by atoms with Crippen molar-refractivity contribution in [3.8, 4) is 0 Å². The number of likely N-dealkylation sites (N-methyl/N-ethyl adjacent to an activating group) is 1. The lowest BCUT2D eigenvalue weighted by molar-refractivity contribution is 0.0562. The van der Waals surface area contributed by atoms with Crippen LogP contribution in [0.5, 0.6) is 0 Å². The van der Waals surface area contributed by atoms with Crippen LogP contribution in [-0.2, 0) is 0 Å². The van der Waals surface area contributed by atoms with Crippen molar-refractivity contribution in [2.75, 3.05) is 33.2 Å². The summed E-state index contributed by atoms with van der Waals surface area (Å²) < 4.78 is 0. The van der Waals surface area contributed by atoms with Crippen molar-refractivity contribution >= 4 is 23.2 Å². The van der Waals surface area contributed by atoms with Gasteiger partial charge in [-0.05, 0) is 77.0 Å². The van der Waals surface area contributed by atoms with E-state index in [0.29, 0.717) is 11.8 Å². The monoisotopic (exact) mass is 336 g/mol. The molecule has 0 aromatic carbocycles. The maximum absolute atomic E-state index is 10.4. The number of piperidine rings is 1. The van der Waals surface area contributed by atoms with Crippen molar-refractivity contribution < 1.29 is 5.11 Å². The van der Waals surface area contributed by atoms with Crippen LogP contribution in [-0.4, -0.2) is 60.1 Å². The van der Waals surface area contributed by atoms with E-state index in [1.165, 1.54) is 12.8 Å². The molecule has 1 aliphatic carbocycles. The van der Waals surface area contributed by atoms with E-state index in [-0.39, 0.29) is 16.9 Å². The second-order valence-electron chi connectivity index (χ2n) is 6.92. The predicted octanol–water partition coefficient (Wildman–Crippen LogP) is 2.68. The minimum Gasteiger partial charge on any atom is -0.392 e. The van der Waals surface area contributed by atoms with E-state index < -0.39 is 0 Å². The van der Waals surface area contributed by atoms with Crippen molar-refractivity contribution in [2.45, 2.75) is 55.4 Å². The molecule has 0 radical (unpaired) electrons. The molecule has 1 saturated heterocycles. The van der Waals surface area contributed by atoms with Crippen molar-refractivity contribution in [1.82, 2.24) is 10.2 Å². The Labute approximate surface area is 139 Å². The summed E-state index contributed by atoms with van der Waals surface area (Å²) in [6.45, 7) is 3.93. The zero-order valence-corrected chi connectivity index (χ0v) is 14.6. The summed E-state index contributed by atoms with van der Waals surface area (Å²) in [7, 11) is 2.12. The highest BCUT2D eigenvalue weighted by atomic mass is 35.5. The standard InChI is InChI=1S/C16H30Cl2N2O/c1-20(11-16(21)13-4-7-19-8-5-13)9-6-12-2-3-14(17)15(18)10-12/h12-16,19,21H,2-11H2,1H3. The molecule has 3 nitrogen and oxygen atoms in total. The molecule has 21 heavy (non-hydrogen) atoms. The second kappa shape index (κ2) is 8.93. The van der Waals surface area contributed by atoms with Gasteiger partial charge in [0.1, 0.15) is 0 Å². The third kappa shape index (κ3) is 5.87. The highest BCUT2D eigenvalue weighted by Crippen LogP contribution is 2.33. The lowest BCUT2D eigenvalue weighted by Crippen LogP contribution is -2.40. The van der Waals surface area contributed by atoms with E-state index in [4.69, 9.17) is 23.2 Å². The molecule has 4 atom stereocenters. The van der Waals surface area contributed by atoms with E-state index in [2.05, 4.69) is 17.3 Å². The molecule has 0 aromatic rings. The quantitative estimate of drug-likeness (QED) is 0.732. The van der Waals surface area contributed by atoms with Gasteiger partial charge in [0.15, 0.2) is 0 Å². The highest BCUT2D eigenvalue weighted by Gasteiger charge is 2.28. The molecule has 1 heterocycles. The summed E-state index contributed by atoms with van der Waals surface area (Å²) in [5.41, 5.74) is 0. The first kappa shape index (κ1) is 17.8. The SMILES string of the molecule is CN(CCC1CCC(Cl)C(Cl)C1)CC(O)C1CCNCC1. The van der Waals surface area contributed by atoms with Crippen molar-refractivity contribution in [1.29, 1.82) is 0 Å². The largest absolute Gasteiger partial charge is 0.392 e. The average Bonchev–Trinajstić information content (AvgIpc) is 2.49. The van der Waals surface area contributed by atoms with Crippen LogP contribution in [0.25, 0.3) is 0 Å². The smallest absolute Gasteiger partial charge is 0.0696 e. The molecule has 0 aromatic heterocycles. The van der Waals surface area contributed by atoms with E-state index in [1.807, 2.05) is 0 Å². The van der Waals surface area contributed by atoms with Gasteiger partial charge in [-0.15, -0.1) is 23.2 Å². The zero-order valence-electron chi connectivity index (χ0n) is 13.1. The lowest BCUT2D eigenvalue weighted by atomic mass is 9.86. The Morgan fingerprint density at radius 1 is 1.14 bits per heavy atom. The fraction of sp³-hybridized carbons (Fsp3) is 1.00. The van der Waals surface area contributed by atoms with Gasteiger partial charge in [0.2, 0.25) is 0 Å². The van der Waals surface area contributed by atoms with Crippen LogP contribution >= 0.6 is 23.2 Å². The molecule has 5 heteroatoms. The minimum absolute atomic E-state index is 0.135. The van der Waals surface area contributed by atoms with Crippen molar-refractivity contribution in [2.24, 2.45) is 11.8 Å². The predicted molar refractivity (Wildman–Crippen MR) is 90.3 cm³/mol. The molecule has 0 spiro atoms. The normalized spacial score (nSPS) is 33.3. The molecule has 124 valence electrons. The Balaban J connectivity index is 1.63. The van der Waals surface area contributed by atoms with E-state index >= 15 is 0 Å². The molecule has 0 amide bonds. The van der Waals surface area contributed by atoms with Gasteiger partial charge in [0, 0.05) is 11.9 Å². The van der Waals surface area contributed by atoms with Gasteiger partial charge >= 0.3 is 0 Å². The number of aliphatic hydroxyl groups excluding tert-OH is 1. The summed E-state index contributed by atoms with van der Waals surface area (Å²) in [5, 5.41) is 14.0. The number of aliphatic hydroxyl groups is 1. The molecular weight excluding hydrogens is 307 g/mol. The number of hydrogen-bond acceptors (Lipinski definition) is 3. The van der Waals surface area contributed by atoms with Crippen molar-refractivity contribution in [3.05, 3.63) is 0 Å². The molecule has 0 bridgehead atoms. The lowest BCUT2D eigenvalue weighted by Gasteiger charge is -2.32. The zero-order chi connectivity index (χ0) is 15.2. The van der Waals surface area contributed by atoms with Crippen LogP contribution in [0.2, 0.25) is 0 Å². The molecule has 1 aliphatic heterocycles. The first-order chi connectivity index (χ1) is 10.1. The molecule has 2 rings (SSSR count). The highest BCUT2D eigenvalue weighted by molar-refractivity contribution is 6.30. The fourth-order valence-electron chi connectivity index (χ4n) is 3.61. The number of rotatable bonds is 6. The van der Waals surface area contributed by atoms with E-state index in [9.17, 15) is 5.11 Å². The first-order valence-electron chi connectivity index (χ1n) is 8.41. The Hall–Kier alpha value is 0.460. The first-order valence-corrected chi connectivity index (χ1v) is 9.29.